The molecule has 2 heterocycles. The molecule has 22 heavy (non-hydrogen) atoms. The zero-order valence-corrected chi connectivity index (χ0v) is 12.9. The van der Waals surface area contributed by atoms with Crippen LogP contribution in [0, 0.1) is 0 Å². The smallest absolute Gasteiger partial charge is 0.165 e. The lowest BCUT2D eigenvalue weighted by Crippen LogP contribution is -1.84. The number of hydrogen-bond donors (Lipinski definition) is 0. The van der Waals surface area contributed by atoms with Crippen molar-refractivity contribution < 1.29 is 0 Å². The topological polar surface area (TPSA) is 29.7 Å². The van der Waals surface area contributed by atoms with Crippen molar-refractivity contribution in [3.8, 4) is 11.3 Å². The van der Waals surface area contributed by atoms with Gasteiger partial charge in [-0.1, -0.05) is 49.4 Å². The summed E-state index contributed by atoms with van der Waals surface area (Å²) in [6.07, 6.45) is 7.08. The molecule has 0 fully saturated rings. The maximum Gasteiger partial charge on any atom is 0.165 e. The van der Waals surface area contributed by atoms with Gasteiger partial charge in [-0.3, -0.25) is 4.40 Å². The Bertz CT molecular complexity index is 826. The van der Waals surface area contributed by atoms with Crippen LogP contribution in [0.3, 0.4) is 0 Å². The molecule has 0 unspecified atom stereocenters. The van der Waals surface area contributed by atoms with Gasteiger partial charge < -0.3 is 0 Å². The molecule has 0 saturated carbocycles. The van der Waals surface area contributed by atoms with Crippen molar-refractivity contribution in [1.29, 1.82) is 0 Å². The lowest BCUT2D eigenvalue weighted by molar-refractivity contribution is 1.17. The molecular formula is C19H19N3. The summed E-state index contributed by atoms with van der Waals surface area (Å²) in [4.78, 5) is 9.43. The Hall–Kier alpha value is -2.68. The second kappa shape index (κ2) is 6.39. The van der Waals surface area contributed by atoms with Gasteiger partial charge in [0.1, 0.15) is 11.3 Å². The minimum atomic E-state index is 0.866. The Labute approximate surface area is 130 Å². The summed E-state index contributed by atoms with van der Waals surface area (Å²) in [5.74, 6) is 0.866. The molecule has 3 aromatic rings. The Balaban J connectivity index is 2.16. The van der Waals surface area contributed by atoms with Crippen LogP contribution in [0.15, 0.2) is 71.4 Å². The highest BCUT2D eigenvalue weighted by Gasteiger charge is 2.12. The monoisotopic (exact) mass is 289 g/mol. The van der Waals surface area contributed by atoms with Gasteiger partial charge in [-0.15, -0.1) is 0 Å². The van der Waals surface area contributed by atoms with Crippen LogP contribution >= 0.6 is 0 Å². The molecule has 2 aromatic heterocycles. The number of hydrogen-bond acceptors (Lipinski definition) is 2. The van der Waals surface area contributed by atoms with E-state index in [9.17, 15) is 0 Å². The first-order valence-corrected chi connectivity index (χ1v) is 7.53. The Morgan fingerprint density at radius 2 is 1.91 bits per heavy atom. The van der Waals surface area contributed by atoms with Crippen LogP contribution in [0.2, 0.25) is 0 Å². The third-order valence-electron chi connectivity index (χ3n) is 3.47. The van der Waals surface area contributed by atoms with Gasteiger partial charge in [0.25, 0.3) is 0 Å². The van der Waals surface area contributed by atoms with Gasteiger partial charge in [-0.05, 0) is 31.1 Å². The molecule has 3 rings (SSSR count). The standard InChI is InChI=1S/C19H19N3/c1-3-9-15(2)14-20-19-18(16-10-5-4-6-11-16)21-17-12-7-8-13-22(17)19/h4-14H,3H2,1-2H3/b15-9+,20-14+. The van der Waals surface area contributed by atoms with Crippen molar-refractivity contribution in [1.82, 2.24) is 9.38 Å². The summed E-state index contributed by atoms with van der Waals surface area (Å²) >= 11 is 0. The lowest BCUT2D eigenvalue weighted by atomic mass is 10.1. The van der Waals surface area contributed by atoms with Crippen LogP contribution in [0.1, 0.15) is 20.3 Å². The van der Waals surface area contributed by atoms with Crippen LogP contribution in [0.5, 0.6) is 0 Å². The number of nitrogens with zero attached hydrogens (tertiary/aromatic N) is 3. The van der Waals surface area contributed by atoms with E-state index in [2.05, 4.69) is 32.1 Å². The number of rotatable bonds is 4. The zero-order chi connectivity index (χ0) is 15.4. The summed E-state index contributed by atoms with van der Waals surface area (Å²) < 4.78 is 2.03. The molecule has 0 amide bonds. The largest absolute Gasteiger partial charge is 0.284 e. The van der Waals surface area contributed by atoms with E-state index in [4.69, 9.17) is 9.98 Å². The molecule has 0 radical (unpaired) electrons. The van der Waals surface area contributed by atoms with Crippen molar-refractivity contribution in [3.05, 3.63) is 66.4 Å². The average Bonchev–Trinajstić information content (AvgIpc) is 2.93. The van der Waals surface area contributed by atoms with Crippen LogP contribution < -0.4 is 0 Å². The average molecular weight is 289 g/mol. The van der Waals surface area contributed by atoms with Crippen molar-refractivity contribution in [3.63, 3.8) is 0 Å². The quantitative estimate of drug-likeness (QED) is 0.617. The molecule has 3 nitrogen and oxygen atoms in total. The molecule has 0 atom stereocenters. The van der Waals surface area contributed by atoms with E-state index < -0.39 is 0 Å². The van der Waals surface area contributed by atoms with Crippen molar-refractivity contribution >= 4 is 17.7 Å². The Kier molecular flexibility index (Phi) is 4.15. The van der Waals surface area contributed by atoms with E-state index in [1.54, 1.807) is 0 Å². The summed E-state index contributed by atoms with van der Waals surface area (Å²) in [6, 6.07) is 16.2. The molecule has 1 aromatic carbocycles. The van der Waals surface area contributed by atoms with E-state index in [0.717, 1.165) is 34.7 Å². The fourth-order valence-corrected chi connectivity index (χ4v) is 2.43. The van der Waals surface area contributed by atoms with Gasteiger partial charge in [0.15, 0.2) is 5.82 Å². The van der Waals surface area contributed by atoms with Gasteiger partial charge >= 0.3 is 0 Å². The molecule has 110 valence electrons. The van der Waals surface area contributed by atoms with E-state index in [1.807, 2.05) is 53.2 Å². The maximum absolute atomic E-state index is 4.74. The van der Waals surface area contributed by atoms with Crippen molar-refractivity contribution in [2.45, 2.75) is 20.3 Å². The predicted molar refractivity (Wildman–Crippen MR) is 92.8 cm³/mol. The fraction of sp³-hybridized carbons (Fsp3) is 0.158. The number of pyridine rings is 1. The van der Waals surface area contributed by atoms with Gasteiger partial charge in [0.2, 0.25) is 0 Å². The molecule has 0 aliphatic heterocycles. The van der Waals surface area contributed by atoms with E-state index in [0.29, 0.717) is 0 Å². The Morgan fingerprint density at radius 3 is 2.68 bits per heavy atom. The number of aliphatic imine (C=N–C) groups is 1. The normalized spacial score (nSPS) is 12.4. The summed E-state index contributed by atoms with van der Waals surface area (Å²) in [5, 5.41) is 0. The molecule has 0 N–H and O–H groups in total. The number of aromatic nitrogens is 2. The highest BCUT2D eigenvalue weighted by Crippen LogP contribution is 2.30. The molecule has 0 bridgehead atoms. The maximum atomic E-state index is 4.74. The molecular weight excluding hydrogens is 270 g/mol. The first-order chi connectivity index (χ1) is 10.8. The lowest BCUT2D eigenvalue weighted by Gasteiger charge is -2.00. The highest BCUT2D eigenvalue weighted by molar-refractivity contribution is 5.84. The second-order valence-corrected chi connectivity index (χ2v) is 5.19. The van der Waals surface area contributed by atoms with E-state index in [1.165, 1.54) is 0 Å². The number of benzene rings is 1. The van der Waals surface area contributed by atoms with Crippen molar-refractivity contribution in [2.24, 2.45) is 4.99 Å². The van der Waals surface area contributed by atoms with E-state index >= 15 is 0 Å². The van der Waals surface area contributed by atoms with Crippen LogP contribution in [-0.4, -0.2) is 15.6 Å². The second-order valence-electron chi connectivity index (χ2n) is 5.19. The molecule has 0 spiro atoms. The SMILES string of the molecule is CC/C=C(C)/C=N/c1c(-c2ccccc2)nc2ccccn12. The van der Waals surface area contributed by atoms with Gasteiger partial charge in [0.05, 0.1) is 0 Å². The van der Waals surface area contributed by atoms with E-state index in [-0.39, 0.29) is 0 Å². The van der Waals surface area contributed by atoms with Gasteiger partial charge in [-0.2, -0.15) is 0 Å². The van der Waals surface area contributed by atoms with Gasteiger partial charge in [-0.25, -0.2) is 9.98 Å². The summed E-state index contributed by atoms with van der Waals surface area (Å²) in [5.41, 5.74) is 4.06. The van der Waals surface area contributed by atoms with Crippen LogP contribution in [0.4, 0.5) is 5.82 Å². The predicted octanol–water partition coefficient (Wildman–Crippen LogP) is 5.06. The highest BCUT2D eigenvalue weighted by atomic mass is 15.1. The first-order valence-electron chi connectivity index (χ1n) is 7.53. The Morgan fingerprint density at radius 1 is 1.14 bits per heavy atom. The van der Waals surface area contributed by atoms with Crippen LogP contribution in [0.25, 0.3) is 16.9 Å². The summed E-state index contributed by atoms with van der Waals surface area (Å²) in [6.45, 7) is 4.19. The third kappa shape index (κ3) is 2.84. The first kappa shape index (κ1) is 14.3. The van der Waals surface area contributed by atoms with Crippen molar-refractivity contribution in [2.75, 3.05) is 0 Å². The number of fused-ring (bicyclic) bond motifs is 1. The minimum absolute atomic E-state index is 0.866. The third-order valence-corrected chi connectivity index (χ3v) is 3.47. The summed E-state index contributed by atoms with van der Waals surface area (Å²) in [7, 11) is 0. The minimum Gasteiger partial charge on any atom is -0.284 e. The number of imidazole rings is 1. The zero-order valence-electron chi connectivity index (χ0n) is 12.9. The number of allylic oxidation sites excluding steroid dienone is 2. The fourth-order valence-electron chi connectivity index (χ4n) is 2.43. The molecule has 0 saturated heterocycles. The molecule has 3 heteroatoms. The molecule has 0 aliphatic rings. The van der Waals surface area contributed by atoms with Crippen LogP contribution in [-0.2, 0) is 0 Å². The van der Waals surface area contributed by atoms with Gasteiger partial charge in [0, 0.05) is 18.0 Å². The molecule has 0 aliphatic carbocycles.